The molecule has 0 N–H and O–H groups in total. The molecule has 0 fully saturated rings. The zero-order valence-electron chi connectivity index (χ0n) is 10.9. The van der Waals surface area contributed by atoms with E-state index in [0.29, 0.717) is 18.1 Å². The molecule has 104 valence electrons. The Bertz CT molecular complexity index is 611. The van der Waals surface area contributed by atoms with E-state index in [-0.39, 0.29) is 0 Å². The lowest BCUT2D eigenvalue weighted by atomic mass is 10.2. The molecule has 0 unspecified atom stereocenters. The zero-order chi connectivity index (χ0) is 14.4. The van der Waals surface area contributed by atoms with Gasteiger partial charge in [-0.1, -0.05) is 12.7 Å². The highest BCUT2D eigenvalue weighted by molar-refractivity contribution is 9.10. The summed E-state index contributed by atoms with van der Waals surface area (Å²) < 4.78 is 13.2. The van der Waals surface area contributed by atoms with Gasteiger partial charge in [0.1, 0.15) is 19.3 Å². The number of hydrogen-bond donors (Lipinski definition) is 0. The van der Waals surface area contributed by atoms with E-state index in [1.54, 1.807) is 19.4 Å². The van der Waals surface area contributed by atoms with Gasteiger partial charge >= 0.3 is 0 Å². The quantitative estimate of drug-likeness (QED) is 0.600. The van der Waals surface area contributed by atoms with E-state index in [4.69, 9.17) is 9.47 Å². The van der Waals surface area contributed by atoms with Crippen molar-refractivity contribution in [3.05, 3.63) is 47.5 Å². The molecule has 0 aliphatic rings. The van der Waals surface area contributed by atoms with E-state index >= 15 is 0 Å². The highest BCUT2D eigenvalue weighted by Crippen LogP contribution is 2.36. The third kappa shape index (κ3) is 3.45. The minimum atomic E-state index is 0.406. The van der Waals surface area contributed by atoms with Crippen LogP contribution >= 0.6 is 15.9 Å². The van der Waals surface area contributed by atoms with Crippen LogP contribution in [0.5, 0.6) is 11.5 Å². The molecule has 2 aromatic rings. The molecule has 0 amide bonds. The molecule has 1 aromatic heterocycles. The molecule has 0 radical (unpaired) electrons. The van der Waals surface area contributed by atoms with Crippen LogP contribution in [0.25, 0.3) is 0 Å². The van der Waals surface area contributed by atoms with Gasteiger partial charge in [0.25, 0.3) is 0 Å². The SMILES string of the molecule is C=CCOc1c(Br)cc(/C=N\n2cnnc2)cc1OC. The van der Waals surface area contributed by atoms with Crippen LogP contribution in [-0.2, 0) is 0 Å². The van der Waals surface area contributed by atoms with Crippen molar-refractivity contribution in [2.45, 2.75) is 0 Å². The molecule has 0 aliphatic carbocycles. The number of methoxy groups -OCH3 is 1. The van der Waals surface area contributed by atoms with Gasteiger partial charge in [-0.15, -0.1) is 10.2 Å². The summed E-state index contributed by atoms with van der Waals surface area (Å²) in [6, 6.07) is 3.71. The molecule has 20 heavy (non-hydrogen) atoms. The molecular formula is C13H13BrN4O2. The number of halogens is 1. The number of benzene rings is 1. The summed E-state index contributed by atoms with van der Waals surface area (Å²) in [7, 11) is 1.59. The molecule has 0 spiro atoms. The van der Waals surface area contributed by atoms with Gasteiger partial charge in [0.05, 0.1) is 17.8 Å². The second-order valence-corrected chi connectivity index (χ2v) is 4.57. The maximum absolute atomic E-state index is 5.55. The smallest absolute Gasteiger partial charge is 0.175 e. The molecule has 0 bridgehead atoms. The summed E-state index contributed by atoms with van der Waals surface area (Å²) in [6.07, 6.45) is 6.36. The number of aromatic nitrogens is 3. The van der Waals surface area contributed by atoms with Gasteiger partial charge in [0.15, 0.2) is 11.5 Å². The van der Waals surface area contributed by atoms with E-state index in [9.17, 15) is 0 Å². The number of hydrogen-bond acceptors (Lipinski definition) is 5. The Morgan fingerprint density at radius 1 is 1.40 bits per heavy atom. The van der Waals surface area contributed by atoms with Crippen molar-refractivity contribution in [1.29, 1.82) is 0 Å². The molecule has 2 rings (SSSR count). The molecule has 0 aliphatic heterocycles. The maximum atomic E-state index is 5.55. The lowest BCUT2D eigenvalue weighted by Gasteiger charge is -2.12. The van der Waals surface area contributed by atoms with Crippen molar-refractivity contribution in [3.63, 3.8) is 0 Å². The fourth-order valence-electron chi connectivity index (χ4n) is 1.48. The van der Waals surface area contributed by atoms with Gasteiger partial charge in [-0.2, -0.15) is 5.10 Å². The molecule has 0 saturated carbocycles. The van der Waals surface area contributed by atoms with Crippen LogP contribution in [0.15, 0.2) is 47.0 Å². The standard InChI is InChI=1S/C13H13BrN4O2/c1-3-4-20-13-11(14)5-10(6-12(13)19-2)7-17-18-8-15-16-9-18/h3,5-9H,1,4H2,2H3/b17-7-. The van der Waals surface area contributed by atoms with Crippen LogP contribution in [0.1, 0.15) is 5.56 Å². The van der Waals surface area contributed by atoms with E-state index in [1.165, 1.54) is 17.3 Å². The highest BCUT2D eigenvalue weighted by Gasteiger charge is 2.10. The van der Waals surface area contributed by atoms with Crippen LogP contribution in [0.2, 0.25) is 0 Å². The van der Waals surface area contributed by atoms with Gasteiger partial charge in [-0.3, -0.25) is 0 Å². The van der Waals surface area contributed by atoms with Crippen molar-refractivity contribution < 1.29 is 9.47 Å². The average Bonchev–Trinajstić information content (AvgIpc) is 2.96. The van der Waals surface area contributed by atoms with Gasteiger partial charge in [-0.25, -0.2) is 4.68 Å². The highest BCUT2D eigenvalue weighted by atomic mass is 79.9. The first kappa shape index (κ1) is 14.3. The minimum Gasteiger partial charge on any atom is -0.493 e. The van der Waals surface area contributed by atoms with E-state index < -0.39 is 0 Å². The van der Waals surface area contributed by atoms with E-state index in [1.807, 2.05) is 12.1 Å². The molecule has 1 heterocycles. The molecule has 7 heteroatoms. The predicted octanol–water partition coefficient (Wildman–Crippen LogP) is 2.50. The van der Waals surface area contributed by atoms with E-state index in [0.717, 1.165) is 10.0 Å². The Hall–Kier alpha value is -2.15. The summed E-state index contributed by atoms with van der Waals surface area (Å²) in [5.74, 6) is 1.25. The molecule has 6 nitrogen and oxygen atoms in total. The van der Waals surface area contributed by atoms with Crippen LogP contribution in [0.3, 0.4) is 0 Å². The van der Waals surface area contributed by atoms with E-state index in [2.05, 4.69) is 37.8 Å². The lowest BCUT2D eigenvalue weighted by Crippen LogP contribution is -1.98. The van der Waals surface area contributed by atoms with Crippen LogP contribution in [-0.4, -0.2) is 34.8 Å². The predicted molar refractivity (Wildman–Crippen MR) is 79.4 cm³/mol. The fourth-order valence-corrected chi connectivity index (χ4v) is 2.06. The monoisotopic (exact) mass is 336 g/mol. The van der Waals surface area contributed by atoms with Crippen LogP contribution in [0.4, 0.5) is 0 Å². The first-order valence-electron chi connectivity index (χ1n) is 5.75. The van der Waals surface area contributed by atoms with Crippen LogP contribution < -0.4 is 9.47 Å². The van der Waals surface area contributed by atoms with Gasteiger partial charge in [-0.05, 0) is 33.6 Å². The second-order valence-electron chi connectivity index (χ2n) is 3.72. The Labute approximate surface area is 124 Å². The van der Waals surface area contributed by atoms with Crippen molar-refractivity contribution in [1.82, 2.24) is 14.9 Å². The molecular weight excluding hydrogens is 324 g/mol. The summed E-state index contributed by atoms with van der Waals surface area (Å²) in [5.41, 5.74) is 0.855. The molecule has 1 aromatic carbocycles. The topological polar surface area (TPSA) is 61.5 Å². The summed E-state index contributed by atoms with van der Waals surface area (Å²) in [5, 5.41) is 11.5. The molecule has 0 saturated heterocycles. The average molecular weight is 337 g/mol. The fraction of sp³-hybridized carbons (Fsp3) is 0.154. The largest absolute Gasteiger partial charge is 0.493 e. The lowest BCUT2D eigenvalue weighted by molar-refractivity contribution is 0.324. The third-order valence-corrected chi connectivity index (χ3v) is 2.93. The summed E-state index contributed by atoms with van der Waals surface area (Å²) in [6.45, 7) is 4.03. The van der Waals surface area contributed by atoms with Crippen molar-refractivity contribution in [2.75, 3.05) is 13.7 Å². The Morgan fingerprint density at radius 3 is 2.80 bits per heavy atom. The van der Waals surface area contributed by atoms with Crippen molar-refractivity contribution in [3.8, 4) is 11.5 Å². The van der Waals surface area contributed by atoms with Gasteiger partial charge in [0, 0.05) is 0 Å². The Morgan fingerprint density at radius 2 is 2.15 bits per heavy atom. The van der Waals surface area contributed by atoms with Crippen LogP contribution in [0, 0.1) is 0 Å². The summed E-state index contributed by atoms with van der Waals surface area (Å²) in [4.78, 5) is 0. The Balaban J connectivity index is 2.27. The first-order valence-corrected chi connectivity index (χ1v) is 6.54. The van der Waals surface area contributed by atoms with Crippen molar-refractivity contribution in [2.24, 2.45) is 5.10 Å². The first-order chi connectivity index (χ1) is 9.74. The van der Waals surface area contributed by atoms with Gasteiger partial charge in [0.2, 0.25) is 0 Å². The Kier molecular flexibility index (Phi) is 4.89. The third-order valence-electron chi connectivity index (χ3n) is 2.34. The number of ether oxygens (including phenoxy) is 2. The number of rotatable bonds is 6. The zero-order valence-corrected chi connectivity index (χ0v) is 12.4. The number of nitrogens with zero attached hydrogens (tertiary/aromatic N) is 4. The summed E-state index contributed by atoms with van der Waals surface area (Å²) >= 11 is 3.46. The van der Waals surface area contributed by atoms with Gasteiger partial charge < -0.3 is 9.47 Å². The van der Waals surface area contributed by atoms with Crippen molar-refractivity contribution >= 4 is 22.1 Å². The maximum Gasteiger partial charge on any atom is 0.175 e. The minimum absolute atomic E-state index is 0.406. The molecule has 0 atom stereocenters. The second kappa shape index (κ2) is 6.85. The normalized spacial score (nSPS) is 10.7.